The van der Waals surface area contributed by atoms with Crippen LogP contribution in [0.25, 0.3) is 0 Å². The summed E-state index contributed by atoms with van der Waals surface area (Å²) in [6, 6.07) is 0. The van der Waals surface area contributed by atoms with E-state index in [1.807, 2.05) is 0 Å². The topological polar surface area (TPSA) is 32.3 Å². The van der Waals surface area contributed by atoms with Gasteiger partial charge in [-0.2, -0.15) is 0 Å². The predicted octanol–water partition coefficient (Wildman–Crippen LogP) is 2.27. The Kier molecular flexibility index (Phi) is 4.31. The van der Waals surface area contributed by atoms with Crippen molar-refractivity contribution in [3.63, 3.8) is 0 Å². The zero-order valence-corrected chi connectivity index (χ0v) is 12.2. The van der Waals surface area contributed by atoms with Crippen molar-refractivity contribution < 1.29 is 4.79 Å². The normalized spacial score (nSPS) is 31.5. The fourth-order valence-electron chi connectivity index (χ4n) is 3.39. The number of carbonyl (C=O) groups is 1. The average Bonchev–Trinajstić information content (AvgIpc) is 2.33. The van der Waals surface area contributed by atoms with Gasteiger partial charge in [0.1, 0.15) is 0 Å². The number of likely N-dealkylation sites (tertiary alicyclic amines) is 1. The zero-order valence-electron chi connectivity index (χ0n) is 12.2. The lowest BCUT2D eigenvalue weighted by atomic mass is 9.74. The number of rotatable bonds is 1. The lowest BCUT2D eigenvalue weighted by Crippen LogP contribution is -2.42. The minimum absolute atomic E-state index is 0.176. The molecule has 1 atom stereocenters. The van der Waals surface area contributed by atoms with Gasteiger partial charge in [0.25, 0.3) is 0 Å². The molecule has 1 unspecified atom stereocenters. The Hall–Kier alpha value is -0.570. The third-order valence-corrected chi connectivity index (χ3v) is 4.99. The maximum absolute atomic E-state index is 11.9. The molecule has 3 heteroatoms. The van der Waals surface area contributed by atoms with Gasteiger partial charge >= 0.3 is 0 Å². The highest BCUT2D eigenvalue weighted by Gasteiger charge is 2.33. The van der Waals surface area contributed by atoms with Gasteiger partial charge in [-0.15, -0.1) is 0 Å². The van der Waals surface area contributed by atoms with Gasteiger partial charge in [-0.05, 0) is 64.1 Å². The highest BCUT2D eigenvalue weighted by molar-refractivity contribution is 5.81. The van der Waals surface area contributed by atoms with Crippen LogP contribution in [-0.2, 0) is 4.79 Å². The van der Waals surface area contributed by atoms with E-state index in [1.165, 1.54) is 38.8 Å². The molecule has 2 aliphatic rings. The van der Waals surface area contributed by atoms with Crippen LogP contribution in [0.4, 0.5) is 0 Å². The molecule has 0 saturated carbocycles. The number of nitrogens with zero attached hydrogens (tertiary/aromatic N) is 1. The molecule has 0 aromatic carbocycles. The van der Waals surface area contributed by atoms with E-state index in [2.05, 4.69) is 31.1 Å². The minimum atomic E-state index is -0.176. The third-order valence-electron chi connectivity index (χ3n) is 4.99. The molecule has 0 radical (unpaired) electrons. The maximum atomic E-state index is 11.9. The molecule has 104 valence electrons. The number of amides is 1. The molecule has 2 fully saturated rings. The average molecular weight is 252 g/mol. The molecule has 1 N–H and O–H groups in total. The van der Waals surface area contributed by atoms with Gasteiger partial charge in [0.15, 0.2) is 0 Å². The Balaban J connectivity index is 1.92. The highest BCUT2D eigenvalue weighted by Crippen LogP contribution is 2.35. The van der Waals surface area contributed by atoms with Crippen molar-refractivity contribution in [1.29, 1.82) is 0 Å². The van der Waals surface area contributed by atoms with Crippen LogP contribution in [0.1, 0.15) is 46.0 Å². The van der Waals surface area contributed by atoms with Crippen LogP contribution in [0.5, 0.6) is 0 Å². The second-order valence-corrected chi connectivity index (χ2v) is 6.87. The largest absolute Gasteiger partial charge is 0.356 e. The molecular weight excluding hydrogens is 224 g/mol. The first-order valence-corrected chi connectivity index (χ1v) is 7.46. The summed E-state index contributed by atoms with van der Waals surface area (Å²) in [4.78, 5) is 14.3. The van der Waals surface area contributed by atoms with Gasteiger partial charge in [0.2, 0.25) is 5.91 Å². The first kappa shape index (κ1) is 13.9. The Morgan fingerprint density at radius 3 is 2.39 bits per heavy atom. The number of hydrogen-bond acceptors (Lipinski definition) is 2. The van der Waals surface area contributed by atoms with Crippen LogP contribution in [-0.4, -0.2) is 37.5 Å². The van der Waals surface area contributed by atoms with Crippen molar-refractivity contribution in [2.75, 3.05) is 26.7 Å². The Morgan fingerprint density at radius 2 is 1.72 bits per heavy atom. The van der Waals surface area contributed by atoms with Crippen LogP contribution in [0.2, 0.25) is 0 Å². The Bertz CT molecular complexity index is 293. The Morgan fingerprint density at radius 1 is 1.11 bits per heavy atom. The van der Waals surface area contributed by atoms with E-state index >= 15 is 0 Å². The van der Waals surface area contributed by atoms with Gasteiger partial charge in [-0.3, -0.25) is 4.79 Å². The molecule has 1 amide bonds. The lowest BCUT2D eigenvalue weighted by molar-refractivity contribution is -0.130. The van der Waals surface area contributed by atoms with Crippen LogP contribution in [0.15, 0.2) is 0 Å². The van der Waals surface area contributed by atoms with Crippen molar-refractivity contribution in [1.82, 2.24) is 10.2 Å². The van der Waals surface area contributed by atoms with Crippen molar-refractivity contribution in [2.45, 2.75) is 46.0 Å². The van der Waals surface area contributed by atoms with Crippen LogP contribution in [0, 0.1) is 17.3 Å². The summed E-state index contributed by atoms with van der Waals surface area (Å²) in [5, 5.41) is 3.10. The van der Waals surface area contributed by atoms with E-state index in [-0.39, 0.29) is 11.3 Å². The zero-order chi connectivity index (χ0) is 13.2. The molecule has 0 aromatic rings. The third kappa shape index (κ3) is 3.25. The smallest absolute Gasteiger partial charge is 0.225 e. The standard InChI is InChI=1S/C15H28N2O/c1-15(2)8-4-12(5-9-16-14(15)18)13-6-10-17(3)11-7-13/h12-13H,4-11H2,1-3H3,(H,16,18). The lowest BCUT2D eigenvalue weighted by Gasteiger charge is -2.37. The summed E-state index contributed by atoms with van der Waals surface area (Å²) >= 11 is 0. The van der Waals surface area contributed by atoms with Crippen LogP contribution in [0.3, 0.4) is 0 Å². The number of piperidine rings is 1. The van der Waals surface area contributed by atoms with E-state index in [0.29, 0.717) is 0 Å². The molecule has 2 rings (SSSR count). The molecule has 3 nitrogen and oxygen atoms in total. The molecule has 0 spiro atoms. The van der Waals surface area contributed by atoms with Gasteiger partial charge in [-0.25, -0.2) is 0 Å². The van der Waals surface area contributed by atoms with Crippen molar-refractivity contribution >= 4 is 5.91 Å². The van der Waals surface area contributed by atoms with Crippen molar-refractivity contribution in [3.8, 4) is 0 Å². The summed E-state index contributed by atoms with van der Waals surface area (Å²) in [6.07, 6.45) is 6.13. The van der Waals surface area contributed by atoms with E-state index in [0.717, 1.165) is 24.8 Å². The number of carbonyl (C=O) groups excluding carboxylic acids is 1. The molecular formula is C15H28N2O. The molecule has 0 bridgehead atoms. The maximum Gasteiger partial charge on any atom is 0.225 e. The summed E-state index contributed by atoms with van der Waals surface area (Å²) in [7, 11) is 2.22. The highest BCUT2D eigenvalue weighted by atomic mass is 16.2. The van der Waals surface area contributed by atoms with Gasteiger partial charge < -0.3 is 10.2 Å². The van der Waals surface area contributed by atoms with Crippen molar-refractivity contribution in [3.05, 3.63) is 0 Å². The minimum Gasteiger partial charge on any atom is -0.356 e. The summed E-state index contributed by atoms with van der Waals surface area (Å²) in [5.74, 6) is 1.94. The van der Waals surface area contributed by atoms with Gasteiger partial charge in [0.05, 0.1) is 0 Å². The summed E-state index contributed by atoms with van der Waals surface area (Å²) in [6.45, 7) is 7.53. The monoisotopic (exact) mass is 252 g/mol. The molecule has 2 saturated heterocycles. The number of nitrogens with one attached hydrogen (secondary N) is 1. The fourth-order valence-corrected chi connectivity index (χ4v) is 3.39. The fraction of sp³-hybridized carbons (Fsp3) is 0.933. The van der Waals surface area contributed by atoms with Crippen LogP contribution < -0.4 is 5.32 Å². The van der Waals surface area contributed by atoms with E-state index in [1.54, 1.807) is 0 Å². The van der Waals surface area contributed by atoms with Crippen LogP contribution >= 0.6 is 0 Å². The van der Waals surface area contributed by atoms with E-state index < -0.39 is 0 Å². The summed E-state index contributed by atoms with van der Waals surface area (Å²) < 4.78 is 0. The predicted molar refractivity (Wildman–Crippen MR) is 74.4 cm³/mol. The van der Waals surface area contributed by atoms with E-state index in [4.69, 9.17) is 0 Å². The first-order chi connectivity index (χ1) is 8.49. The van der Waals surface area contributed by atoms with Gasteiger partial charge in [0, 0.05) is 12.0 Å². The summed E-state index contributed by atoms with van der Waals surface area (Å²) in [5.41, 5.74) is -0.176. The molecule has 2 aliphatic heterocycles. The number of hydrogen-bond donors (Lipinski definition) is 1. The molecule has 0 aliphatic carbocycles. The first-order valence-electron chi connectivity index (χ1n) is 7.46. The quantitative estimate of drug-likeness (QED) is 0.776. The van der Waals surface area contributed by atoms with E-state index in [9.17, 15) is 4.79 Å². The Labute approximate surface area is 111 Å². The van der Waals surface area contributed by atoms with Crippen molar-refractivity contribution in [2.24, 2.45) is 17.3 Å². The molecule has 2 heterocycles. The van der Waals surface area contributed by atoms with Gasteiger partial charge in [-0.1, -0.05) is 13.8 Å². The molecule has 18 heavy (non-hydrogen) atoms. The second kappa shape index (κ2) is 5.60. The second-order valence-electron chi connectivity index (χ2n) is 6.87. The SMILES string of the molecule is CN1CCC(C2CCNC(=O)C(C)(C)CC2)CC1. The molecule has 0 aromatic heterocycles.